The van der Waals surface area contributed by atoms with Crippen LogP contribution in [0.1, 0.15) is 0 Å². The number of hydrogen-bond donors (Lipinski definition) is 1. The van der Waals surface area contributed by atoms with Gasteiger partial charge in [-0.3, -0.25) is 9.10 Å². The maximum atomic E-state index is 13.2. The van der Waals surface area contributed by atoms with Gasteiger partial charge in [-0.15, -0.1) is 0 Å². The molecule has 31 heavy (non-hydrogen) atoms. The average Bonchev–Trinajstić information content (AvgIpc) is 2.77. The van der Waals surface area contributed by atoms with Crippen LogP contribution in [0.2, 0.25) is 0 Å². The van der Waals surface area contributed by atoms with Crippen molar-refractivity contribution < 1.29 is 22.3 Å². The normalized spacial score (nSPS) is 11.0. The van der Waals surface area contributed by atoms with Crippen molar-refractivity contribution in [2.75, 3.05) is 24.0 Å². The zero-order chi connectivity index (χ0) is 22.3. The number of hydrogen-bond acceptors (Lipinski definition) is 4. The Hall–Kier alpha value is -2.66. The minimum Gasteiger partial charge on any atom is -0.492 e. The third kappa shape index (κ3) is 6.41. The fourth-order valence-electron chi connectivity index (χ4n) is 2.72. The molecule has 9 heteroatoms. The average molecular weight is 554 g/mol. The molecule has 0 fully saturated rings. The van der Waals surface area contributed by atoms with Gasteiger partial charge in [0, 0.05) is 3.57 Å². The van der Waals surface area contributed by atoms with Gasteiger partial charge in [0.1, 0.15) is 24.7 Å². The molecule has 0 saturated carbocycles. The van der Waals surface area contributed by atoms with Crippen molar-refractivity contribution in [3.63, 3.8) is 0 Å². The molecule has 0 atom stereocenters. The summed E-state index contributed by atoms with van der Waals surface area (Å²) in [5.41, 5.74) is 0.391. The van der Waals surface area contributed by atoms with Gasteiger partial charge in [-0.2, -0.15) is 0 Å². The third-order valence-corrected chi connectivity index (χ3v) is 6.75. The molecule has 0 saturated heterocycles. The Morgan fingerprint density at radius 2 is 1.61 bits per heavy atom. The van der Waals surface area contributed by atoms with Crippen LogP contribution in [0.25, 0.3) is 0 Å². The zero-order valence-corrected chi connectivity index (χ0v) is 19.3. The summed E-state index contributed by atoms with van der Waals surface area (Å²) in [6.07, 6.45) is 0. The molecule has 0 bridgehead atoms. The van der Waals surface area contributed by atoms with Gasteiger partial charge in [-0.1, -0.05) is 18.2 Å². The highest BCUT2D eigenvalue weighted by molar-refractivity contribution is 14.1. The van der Waals surface area contributed by atoms with Gasteiger partial charge >= 0.3 is 0 Å². The van der Waals surface area contributed by atoms with Crippen molar-refractivity contribution in [1.82, 2.24) is 5.32 Å². The maximum Gasteiger partial charge on any atom is 0.264 e. The highest BCUT2D eigenvalue weighted by atomic mass is 127. The molecule has 0 aliphatic rings. The van der Waals surface area contributed by atoms with Gasteiger partial charge in [0.25, 0.3) is 10.0 Å². The van der Waals surface area contributed by atoms with Crippen LogP contribution in [0.15, 0.2) is 83.8 Å². The van der Waals surface area contributed by atoms with E-state index in [-0.39, 0.29) is 30.4 Å². The van der Waals surface area contributed by atoms with E-state index in [1.165, 1.54) is 36.4 Å². The number of carbonyl (C=O) groups is 1. The van der Waals surface area contributed by atoms with E-state index in [1.807, 2.05) is 0 Å². The standard InChI is InChI=1S/C22H20FIN2O4S/c23-17-6-12-20(13-7-17)30-15-14-25-22(27)16-26(19-10-8-18(24)9-11-19)31(28,29)21-4-2-1-3-5-21/h1-13H,14-16H2,(H,25,27). The first kappa shape index (κ1) is 23.0. The summed E-state index contributed by atoms with van der Waals surface area (Å²) in [6, 6.07) is 20.4. The highest BCUT2D eigenvalue weighted by Gasteiger charge is 2.26. The van der Waals surface area contributed by atoms with Gasteiger partial charge < -0.3 is 10.1 Å². The number of amides is 1. The van der Waals surface area contributed by atoms with Crippen LogP contribution in [-0.4, -0.2) is 34.0 Å². The molecule has 6 nitrogen and oxygen atoms in total. The number of ether oxygens (including phenoxy) is 1. The Balaban J connectivity index is 1.67. The van der Waals surface area contributed by atoms with E-state index in [1.54, 1.807) is 42.5 Å². The second-order valence-corrected chi connectivity index (χ2v) is 9.56. The topological polar surface area (TPSA) is 75.7 Å². The number of halogens is 2. The van der Waals surface area contributed by atoms with Crippen molar-refractivity contribution in [3.8, 4) is 5.75 Å². The molecule has 0 aliphatic carbocycles. The number of nitrogens with zero attached hydrogens (tertiary/aromatic N) is 1. The van der Waals surface area contributed by atoms with E-state index in [9.17, 15) is 17.6 Å². The number of carbonyl (C=O) groups excluding carboxylic acids is 1. The minimum absolute atomic E-state index is 0.0981. The molecule has 0 spiro atoms. The van der Waals surface area contributed by atoms with E-state index in [4.69, 9.17) is 4.74 Å². The molecule has 0 aliphatic heterocycles. The summed E-state index contributed by atoms with van der Waals surface area (Å²) in [5, 5.41) is 2.65. The predicted octanol–water partition coefficient (Wildman–Crippen LogP) is 3.82. The van der Waals surface area contributed by atoms with Crippen molar-refractivity contribution in [2.24, 2.45) is 0 Å². The lowest BCUT2D eigenvalue weighted by atomic mass is 10.3. The molecular formula is C22H20FIN2O4S. The molecule has 0 aromatic heterocycles. The zero-order valence-electron chi connectivity index (χ0n) is 16.4. The van der Waals surface area contributed by atoms with Crippen LogP contribution < -0.4 is 14.4 Å². The van der Waals surface area contributed by atoms with Crippen LogP contribution in [0.3, 0.4) is 0 Å². The fraction of sp³-hybridized carbons (Fsp3) is 0.136. The summed E-state index contributed by atoms with van der Waals surface area (Å²) < 4.78 is 46.7. The number of benzene rings is 3. The molecule has 1 N–H and O–H groups in total. The fourth-order valence-corrected chi connectivity index (χ4v) is 4.52. The van der Waals surface area contributed by atoms with E-state index in [0.717, 1.165) is 7.88 Å². The quantitative estimate of drug-likeness (QED) is 0.323. The Morgan fingerprint density at radius 3 is 2.26 bits per heavy atom. The summed E-state index contributed by atoms with van der Waals surface area (Å²) in [6.45, 7) is -0.0527. The molecule has 0 heterocycles. The number of nitrogens with one attached hydrogen (secondary N) is 1. The molecule has 3 rings (SSSR count). The lowest BCUT2D eigenvalue weighted by molar-refractivity contribution is -0.119. The third-order valence-electron chi connectivity index (χ3n) is 4.24. The number of sulfonamides is 1. The number of rotatable bonds is 9. The molecule has 3 aromatic rings. The largest absolute Gasteiger partial charge is 0.492 e. The van der Waals surface area contributed by atoms with Gasteiger partial charge in [0.05, 0.1) is 17.1 Å². The molecule has 0 unspecified atom stereocenters. The van der Waals surface area contributed by atoms with Crippen LogP contribution in [0, 0.1) is 9.39 Å². The molecule has 3 aromatic carbocycles. The van der Waals surface area contributed by atoms with Crippen molar-refractivity contribution in [2.45, 2.75) is 4.90 Å². The summed E-state index contributed by atoms with van der Waals surface area (Å²) in [7, 11) is -3.94. The van der Waals surface area contributed by atoms with Crippen molar-refractivity contribution >= 4 is 44.2 Å². The number of anilines is 1. The molecule has 1 amide bonds. The van der Waals surface area contributed by atoms with E-state index in [2.05, 4.69) is 27.9 Å². The van der Waals surface area contributed by atoms with Crippen molar-refractivity contribution in [1.29, 1.82) is 0 Å². The summed E-state index contributed by atoms with van der Waals surface area (Å²) >= 11 is 2.12. The molecule has 0 radical (unpaired) electrons. The predicted molar refractivity (Wildman–Crippen MR) is 125 cm³/mol. The highest BCUT2D eigenvalue weighted by Crippen LogP contribution is 2.24. The van der Waals surface area contributed by atoms with Crippen LogP contribution >= 0.6 is 22.6 Å². The monoisotopic (exact) mass is 554 g/mol. The van der Waals surface area contributed by atoms with Gasteiger partial charge in [0.2, 0.25) is 5.91 Å². The minimum atomic E-state index is -3.94. The van der Waals surface area contributed by atoms with Gasteiger partial charge in [-0.05, 0) is 83.3 Å². The van der Waals surface area contributed by atoms with Gasteiger partial charge in [-0.25, -0.2) is 12.8 Å². The SMILES string of the molecule is O=C(CN(c1ccc(I)cc1)S(=O)(=O)c1ccccc1)NCCOc1ccc(F)cc1. The van der Waals surface area contributed by atoms with Crippen LogP contribution in [0.4, 0.5) is 10.1 Å². The maximum absolute atomic E-state index is 13.2. The summed E-state index contributed by atoms with van der Waals surface area (Å²) in [4.78, 5) is 12.6. The second kappa shape index (κ2) is 10.6. The smallest absolute Gasteiger partial charge is 0.264 e. The van der Waals surface area contributed by atoms with Crippen molar-refractivity contribution in [3.05, 3.63) is 88.3 Å². The Kier molecular flexibility index (Phi) is 7.85. The lowest BCUT2D eigenvalue weighted by Gasteiger charge is -2.24. The molecule has 162 valence electrons. The van der Waals surface area contributed by atoms with E-state index in [0.29, 0.717) is 11.4 Å². The Labute approximate surface area is 194 Å². The Morgan fingerprint density at radius 1 is 0.968 bits per heavy atom. The first-order valence-corrected chi connectivity index (χ1v) is 11.9. The first-order valence-electron chi connectivity index (χ1n) is 9.35. The van der Waals surface area contributed by atoms with E-state index < -0.39 is 15.9 Å². The Bertz CT molecular complexity index is 1110. The first-order chi connectivity index (χ1) is 14.9. The second-order valence-electron chi connectivity index (χ2n) is 6.45. The van der Waals surface area contributed by atoms with E-state index >= 15 is 0 Å². The summed E-state index contributed by atoms with van der Waals surface area (Å²) in [5.74, 6) is -0.362. The van der Waals surface area contributed by atoms with Gasteiger partial charge in [0.15, 0.2) is 0 Å². The molecular weight excluding hydrogens is 534 g/mol. The van der Waals surface area contributed by atoms with Crippen LogP contribution in [-0.2, 0) is 14.8 Å². The lowest BCUT2D eigenvalue weighted by Crippen LogP contribution is -2.41. The van der Waals surface area contributed by atoms with Crippen LogP contribution in [0.5, 0.6) is 5.75 Å².